The Morgan fingerprint density at radius 3 is 2.63 bits per heavy atom. The van der Waals surface area contributed by atoms with Crippen molar-refractivity contribution in [3.63, 3.8) is 0 Å². The molecule has 2 aromatic carbocycles. The minimum atomic E-state index is -0.149. The number of nitrogens with one attached hydrogen (secondary N) is 1. The van der Waals surface area contributed by atoms with E-state index >= 15 is 0 Å². The van der Waals surface area contributed by atoms with Crippen LogP contribution in [0.2, 0.25) is 5.02 Å². The Bertz CT molecular complexity index is 962. The topological polar surface area (TPSA) is 49.0 Å². The third-order valence-electron chi connectivity index (χ3n) is 5.48. The van der Waals surface area contributed by atoms with Crippen molar-refractivity contribution in [3.05, 3.63) is 75.3 Å². The molecule has 1 aliphatic heterocycles. The van der Waals surface area contributed by atoms with Crippen LogP contribution in [0.3, 0.4) is 0 Å². The number of halogens is 1. The van der Waals surface area contributed by atoms with Crippen LogP contribution in [-0.2, 0) is 6.42 Å². The summed E-state index contributed by atoms with van der Waals surface area (Å²) in [5, 5.41) is 0.931. The van der Waals surface area contributed by atoms with Gasteiger partial charge in [0.05, 0.1) is 15.9 Å². The van der Waals surface area contributed by atoms with E-state index in [2.05, 4.69) is 45.2 Å². The van der Waals surface area contributed by atoms with Gasteiger partial charge >= 0.3 is 0 Å². The van der Waals surface area contributed by atoms with Gasteiger partial charge in [-0.3, -0.25) is 4.79 Å². The summed E-state index contributed by atoms with van der Waals surface area (Å²) < 4.78 is 0. The van der Waals surface area contributed by atoms with Gasteiger partial charge in [-0.25, -0.2) is 4.98 Å². The molecule has 1 aromatic heterocycles. The molecule has 3 aromatic rings. The molecule has 0 amide bonds. The number of piperidine rings is 1. The van der Waals surface area contributed by atoms with Gasteiger partial charge in [0.1, 0.15) is 5.82 Å². The van der Waals surface area contributed by atoms with Crippen LogP contribution < -0.4 is 5.56 Å². The van der Waals surface area contributed by atoms with E-state index in [1.165, 1.54) is 18.4 Å². The van der Waals surface area contributed by atoms with E-state index < -0.39 is 0 Å². The lowest BCUT2D eigenvalue weighted by atomic mass is 9.89. The molecule has 0 atom stereocenters. The molecule has 140 valence electrons. The third kappa shape index (κ3) is 4.23. The maximum absolute atomic E-state index is 12.3. The number of aromatic nitrogens is 2. The lowest BCUT2D eigenvalue weighted by Crippen LogP contribution is -2.34. The summed E-state index contributed by atoms with van der Waals surface area (Å²) in [5.41, 5.74) is 1.99. The maximum Gasteiger partial charge on any atom is 0.260 e. The van der Waals surface area contributed by atoms with Crippen molar-refractivity contribution in [2.75, 3.05) is 19.6 Å². The Labute approximate surface area is 164 Å². The molecule has 1 fully saturated rings. The molecule has 0 aliphatic carbocycles. The van der Waals surface area contributed by atoms with Crippen LogP contribution in [-0.4, -0.2) is 34.5 Å². The molecule has 0 saturated carbocycles. The van der Waals surface area contributed by atoms with Gasteiger partial charge in [0.15, 0.2) is 0 Å². The summed E-state index contributed by atoms with van der Waals surface area (Å²) in [5.74, 6) is 1.43. The minimum absolute atomic E-state index is 0.149. The molecule has 4 nitrogen and oxygen atoms in total. The Kier molecular flexibility index (Phi) is 5.55. The fourth-order valence-electron chi connectivity index (χ4n) is 4.00. The number of nitrogens with zero attached hydrogens (tertiary/aromatic N) is 2. The molecular formula is C22H24ClN3O. The quantitative estimate of drug-likeness (QED) is 0.713. The molecule has 1 N–H and O–H groups in total. The number of hydrogen-bond acceptors (Lipinski definition) is 3. The van der Waals surface area contributed by atoms with E-state index in [-0.39, 0.29) is 5.56 Å². The molecule has 0 radical (unpaired) electrons. The van der Waals surface area contributed by atoms with Gasteiger partial charge in [0.25, 0.3) is 5.56 Å². The van der Waals surface area contributed by atoms with Crippen LogP contribution in [0.4, 0.5) is 0 Å². The highest BCUT2D eigenvalue weighted by atomic mass is 35.5. The molecular weight excluding hydrogens is 358 g/mol. The van der Waals surface area contributed by atoms with Crippen molar-refractivity contribution in [2.45, 2.75) is 31.6 Å². The van der Waals surface area contributed by atoms with Crippen LogP contribution in [0.1, 0.15) is 36.6 Å². The van der Waals surface area contributed by atoms with Gasteiger partial charge in [-0.2, -0.15) is 0 Å². The van der Waals surface area contributed by atoms with Gasteiger partial charge in [-0.15, -0.1) is 0 Å². The van der Waals surface area contributed by atoms with Crippen molar-refractivity contribution >= 4 is 22.5 Å². The Hall–Kier alpha value is -2.17. The van der Waals surface area contributed by atoms with Crippen molar-refractivity contribution in [2.24, 2.45) is 0 Å². The molecule has 1 saturated heterocycles. The molecule has 0 spiro atoms. The zero-order chi connectivity index (χ0) is 18.6. The molecule has 0 unspecified atom stereocenters. The lowest BCUT2D eigenvalue weighted by Gasteiger charge is -2.32. The molecule has 0 bridgehead atoms. The largest absolute Gasteiger partial charge is 0.310 e. The molecule has 27 heavy (non-hydrogen) atoms. The summed E-state index contributed by atoms with van der Waals surface area (Å²) in [6.45, 7) is 3.31. The van der Waals surface area contributed by atoms with E-state index in [0.29, 0.717) is 21.8 Å². The van der Waals surface area contributed by atoms with E-state index in [1.54, 1.807) is 6.07 Å². The second kappa shape index (κ2) is 8.24. The van der Waals surface area contributed by atoms with Crippen LogP contribution in [0.15, 0.2) is 53.3 Å². The Balaban J connectivity index is 1.31. The SMILES string of the molecule is O=c1[nH]c(CCCN2CCC(c3ccccc3)CC2)nc2cccc(Cl)c12. The van der Waals surface area contributed by atoms with Crippen molar-refractivity contribution < 1.29 is 0 Å². The van der Waals surface area contributed by atoms with Gasteiger partial charge in [-0.1, -0.05) is 48.0 Å². The van der Waals surface area contributed by atoms with Gasteiger partial charge < -0.3 is 9.88 Å². The number of aromatic amines is 1. The number of benzene rings is 2. The lowest BCUT2D eigenvalue weighted by molar-refractivity contribution is 0.210. The number of rotatable bonds is 5. The summed E-state index contributed by atoms with van der Waals surface area (Å²) in [6, 6.07) is 16.2. The number of hydrogen-bond donors (Lipinski definition) is 1. The predicted molar refractivity (Wildman–Crippen MR) is 111 cm³/mol. The van der Waals surface area contributed by atoms with E-state index in [4.69, 9.17) is 11.6 Å². The van der Waals surface area contributed by atoms with E-state index in [1.807, 2.05) is 12.1 Å². The van der Waals surface area contributed by atoms with E-state index in [0.717, 1.165) is 38.3 Å². The van der Waals surface area contributed by atoms with Gasteiger partial charge in [-0.05, 0) is 62.5 Å². The normalized spacial score (nSPS) is 16.0. The van der Waals surface area contributed by atoms with Crippen LogP contribution >= 0.6 is 11.6 Å². The fourth-order valence-corrected chi connectivity index (χ4v) is 4.26. The average molecular weight is 382 g/mol. The number of likely N-dealkylation sites (tertiary alicyclic amines) is 1. The Morgan fingerprint density at radius 1 is 1.07 bits per heavy atom. The number of aryl methyl sites for hydroxylation is 1. The fraction of sp³-hybridized carbons (Fsp3) is 0.364. The first kappa shape index (κ1) is 18.2. The predicted octanol–water partition coefficient (Wildman–Crippen LogP) is 4.39. The first-order chi connectivity index (χ1) is 13.2. The second-order valence-electron chi connectivity index (χ2n) is 7.28. The van der Waals surface area contributed by atoms with Crippen LogP contribution in [0.25, 0.3) is 10.9 Å². The zero-order valence-electron chi connectivity index (χ0n) is 15.3. The van der Waals surface area contributed by atoms with Gasteiger partial charge in [0.2, 0.25) is 0 Å². The van der Waals surface area contributed by atoms with E-state index in [9.17, 15) is 4.79 Å². The highest BCUT2D eigenvalue weighted by Crippen LogP contribution is 2.27. The second-order valence-corrected chi connectivity index (χ2v) is 7.68. The summed E-state index contributed by atoms with van der Waals surface area (Å²) in [6.07, 6.45) is 4.20. The Morgan fingerprint density at radius 2 is 1.85 bits per heavy atom. The first-order valence-corrected chi connectivity index (χ1v) is 10.0. The highest BCUT2D eigenvalue weighted by Gasteiger charge is 2.20. The van der Waals surface area contributed by atoms with Gasteiger partial charge in [0, 0.05) is 6.42 Å². The average Bonchev–Trinajstić information content (AvgIpc) is 2.69. The summed E-state index contributed by atoms with van der Waals surface area (Å²) in [7, 11) is 0. The monoisotopic (exact) mass is 381 g/mol. The maximum atomic E-state index is 12.3. The summed E-state index contributed by atoms with van der Waals surface area (Å²) in [4.78, 5) is 22.2. The third-order valence-corrected chi connectivity index (χ3v) is 5.79. The molecule has 2 heterocycles. The highest BCUT2D eigenvalue weighted by molar-refractivity contribution is 6.35. The molecule has 1 aliphatic rings. The number of H-pyrrole nitrogens is 1. The van der Waals surface area contributed by atoms with Crippen LogP contribution in [0, 0.1) is 0 Å². The summed E-state index contributed by atoms with van der Waals surface area (Å²) >= 11 is 6.11. The van der Waals surface area contributed by atoms with Crippen molar-refractivity contribution in [1.82, 2.24) is 14.9 Å². The minimum Gasteiger partial charge on any atom is -0.310 e. The van der Waals surface area contributed by atoms with Crippen molar-refractivity contribution in [3.8, 4) is 0 Å². The zero-order valence-corrected chi connectivity index (χ0v) is 16.1. The number of fused-ring (bicyclic) bond motifs is 1. The molecule has 4 rings (SSSR count). The molecule has 5 heteroatoms. The standard InChI is InChI=1S/C22H24ClN3O/c23-18-8-4-9-19-21(18)22(27)25-20(24-19)10-5-13-26-14-11-17(12-15-26)16-6-2-1-3-7-16/h1-4,6-9,17H,5,10-15H2,(H,24,25,27). The van der Waals surface area contributed by atoms with Crippen molar-refractivity contribution in [1.29, 1.82) is 0 Å². The first-order valence-electron chi connectivity index (χ1n) is 9.65. The van der Waals surface area contributed by atoms with Crippen LogP contribution in [0.5, 0.6) is 0 Å². The smallest absolute Gasteiger partial charge is 0.260 e.